The van der Waals surface area contributed by atoms with Gasteiger partial charge in [-0.05, 0) is 12.8 Å². The summed E-state index contributed by atoms with van der Waals surface area (Å²) in [6.07, 6.45) is 2.35. The summed E-state index contributed by atoms with van der Waals surface area (Å²) in [7, 11) is -2.09. The molecule has 18 heavy (non-hydrogen) atoms. The van der Waals surface area contributed by atoms with Gasteiger partial charge >= 0.3 is 5.97 Å². The van der Waals surface area contributed by atoms with Crippen molar-refractivity contribution in [2.24, 2.45) is 0 Å². The number of nitrogens with zero attached hydrogens (tertiary/aromatic N) is 1. The van der Waals surface area contributed by atoms with Crippen molar-refractivity contribution in [1.29, 1.82) is 0 Å². The summed E-state index contributed by atoms with van der Waals surface area (Å²) in [5.41, 5.74) is 0. The van der Waals surface area contributed by atoms with E-state index in [9.17, 15) is 18.0 Å². The molecule has 1 amide bonds. The largest absolute Gasteiger partial charge is 0.469 e. The highest BCUT2D eigenvalue weighted by molar-refractivity contribution is 7.88. The molecule has 1 atom stereocenters. The smallest absolute Gasteiger partial charge is 0.307 e. The molecule has 0 saturated carbocycles. The van der Waals surface area contributed by atoms with Crippen LogP contribution in [0.2, 0.25) is 0 Å². The Labute approximate surface area is 107 Å². The monoisotopic (exact) mass is 278 g/mol. The highest BCUT2D eigenvalue weighted by Crippen LogP contribution is 2.20. The SMILES string of the molecule is COC(=O)CCNC(=O)C1CCCN1S(C)(=O)=O. The van der Waals surface area contributed by atoms with E-state index in [-0.39, 0.29) is 18.9 Å². The van der Waals surface area contributed by atoms with Crippen LogP contribution in [0.4, 0.5) is 0 Å². The zero-order valence-corrected chi connectivity index (χ0v) is 11.3. The summed E-state index contributed by atoms with van der Waals surface area (Å²) in [6.45, 7) is 0.521. The maximum absolute atomic E-state index is 11.8. The van der Waals surface area contributed by atoms with Crippen molar-refractivity contribution in [2.45, 2.75) is 25.3 Å². The van der Waals surface area contributed by atoms with E-state index in [1.165, 1.54) is 11.4 Å². The minimum absolute atomic E-state index is 0.0772. The van der Waals surface area contributed by atoms with Crippen molar-refractivity contribution < 1.29 is 22.7 Å². The zero-order valence-electron chi connectivity index (χ0n) is 10.5. The number of carbonyl (C=O) groups excluding carboxylic acids is 2. The van der Waals surface area contributed by atoms with Crippen LogP contribution < -0.4 is 5.32 Å². The van der Waals surface area contributed by atoms with Gasteiger partial charge in [-0.2, -0.15) is 4.31 Å². The van der Waals surface area contributed by atoms with Crippen LogP contribution in [0, 0.1) is 0 Å². The number of rotatable bonds is 5. The molecule has 0 radical (unpaired) electrons. The minimum Gasteiger partial charge on any atom is -0.469 e. The number of esters is 1. The quantitative estimate of drug-likeness (QED) is 0.657. The lowest BCUT2D eigenvalue weighted by Crippen LogP contribution is -2.45. The number of hydrogen-bond donors (Lipinski definition) is 1. The molecule has 0 aromatic heterocycles. The van der Waals surface area contributed by atoms with Crippen LogP contribution in [0.1, 0.15) is 19.3 Å². The van der Waals surface area contributed by atoms with E-state index in [1.54, 1.807) is 0 Å². The van der Waals surface area contributed by atoms with Crippen LogP contribution >= 0.6 is 0 Å². The minimum atomic E-state index is -3.36. The molecule has 0 bridgehead atoms. The third-order valence-electron chi connectivity index (χ3n) is 2.79. The first kappa shape index (κ1) is 14.9. The first-order valence-electron chi connectivity index (χ1n) is 5.67. The first-order valence-corrected chi connectivity index (χ1v) is 7.52. The van der Waals surface area contributed by atoms with Gasteiger partial charge in [-0.15, -0.1) is 0 Å². The standard InChI is InChI=1S/C10H18N2O5S/c1-17-9(13)5-6-11-10(14)8-4-3-7-12(8)18(2,15)16/h8H,3-7H2,1-2H3,(H,11,14). The van der Waals surface area contributed by atoms with E-state index in [2.05, 4.69) is 10.1 Å². The van der Waals surface area contributed by atoms with Gasteiger partial charge in [0.15, 0.2) is 0 Å². The van der Waals surface area contributed by atoms with E-state index < -0.39 is 22.0 Å². The molecular formula is C10H18N2O5S. The molecule has 0 aliphatic carbocycles. The fourth-order valence-corrected chi connectivity index (χ4v) is 3.03. The van der Waals surface area contributed by atoms with E-state index in [0.717, 1.165) is 6.26 Å². The molecule has 1 rings (SSSR count). The van der Waals surface area contributed by atoms with Crippen molar-refractivity contribution >= 4 is 21.9 Å². The second-order valence-electron chi connectivity index (χ2n) is 4.15. The van der Waals surface area contributed by atoms with Gasteiger partial charge in [-0.3, -0.25) is 9.59 Å². The number of carbonyl (C=O) groups is 2. The summed E-state index contributed by atoms with van der Waals surface area (Å²) < 4.78 is 28.5. The highest BCUT2D eigenvalue weighted by atomic mass is 32.2. The fraction of sp³-hybridized carbons (Fsp3) is 0.800. The molecule has 1 heterocycles. The van der Waals surface area contributed by atoms with Gasteiger partial charge in [0.1, 0.15) is 6.04 Å². The number of ether oxygens (including phenoxy) is 1. The van der Waals surface area contributed by atoms with E-state index in [1.807, 2.05) is 0 Å². The van der Waals surface area contributed by atoms with Crippen molar-refractivity contribution in [3.8, 4) is 0 Å². The van der Waals surface area contributed by atoms with Gasteiger partial charge in [0, 0.05) is 13.1 Å². The Balaban J connectivity index is 2.49. The van der Waals surface area contributed by atoms with Crippen molar-refractivity contribution in [3.63, 3.8) is 0 Å². The number of amides is 1. The Morgan fingerprint density at radius 3 is 2.67 bits per heavy atom. The third kappa shape index (κ3) is 3.95. The van der Waals surface area contributed by atoms with Gasteiger partial charge in [-0.1, -0.05) is 0 Å². The zero-order chi connectivity index (χ0) is 13.8. The highest BCUT2D eigenvalue weighted by Gasteiger charge is 2.36. The lowest BCUT2D eigenvalue weighted by Gasteiger charge is -2.21. The number of nitrogens with one attached hydrogen (secondary N) is 1. The molecule has 1 unspecified atom stereocenters. The average Bonchev–Trinajstić information content (AvgIpc) is 2.77. The van der Waals surface area contributed by atoms with Crippen LogP contribution in [-0.2, 0) is 24.3 Å². The number of sulfonamides is 1. The predicted octanol–water partition coefficient (Wildman–Crippen LogP) is -0.910. The first-order chi connectivity index (χ1) is 8.36. The molecule has 8 heteroatoms. The summed E-state index contributed by atoms with van der Waals surface area (Å²) in [5, 5.41) is 2.55. The topological polar surface area (TPSA) is 92.8 Å². The van der Waals surface area contributed by atoms with Gasteiger partial charge in [0.25, 0.3) is 0 Å². The van der Waals surface area contributed by atoms with Crippen LogP contribution in [-0.4, -0.2) is 57.1 Å². The molecule has 0 aromatic carbocycles. The number of hydrogen-bond acceptors (Lipinski definition) is 5. The molecule has 1 aliphatic rings. The van der Waals surface area contributed by atoms with Crippen molar-refractivity contribution in [1.82, 2.24) is 9.62 Å². The van der Waals surface area contributed by atoms with Crippen LogP contribution in [0.25, 0.3) is 0 Å². The number of methoxy groups -OCH3 is 1. The Morgan fingerprint density at radius 2 is 2.11 bits per heavy atom. The molecule has 1 saturated heterocycles. The summed E-state index contributed by atoms with van der Waals surface area (Å²) in [5.74, 6) is -0.775. The van der Waals surface area contributed by atoms with Crippen LogP contribution in [0.3, 0.4) is 0 Å². The molecule has 1 fully saturated rings. The fourth-order valence-electron chi connectivity index (χ4n) is 1.91. The van der Waals surface area contributed by atoms with E-state index in [4.69, 9.17) is 0 Å². The molecular weight excluding hydrogens is 260 g/mol. The third-order valence-corrected chi connectivity index (χ3v) is 4.08. The maximum atomic E-state index is 11.8. The Kier molecular flexibility index (Phi) is 5.09. The lowest BCUT2D eigenvalue weighted by atomic mass is 10.2. The molecule has 1 N–H and O–H groups in total. The second kappa shape index (κ2) is 6.14. The second-order valence-corrected chi connectivity index (χ2v) is 6.08. The molecule has 1 aliphatic heterocycles. The Morgan fingerprint density at radius 1 is 1.44 bits per heavy atom. The summed E-state index contributed by atoms with van der Waals surface area (Å²) in [4.78, 5) is 22.7. The van der Waals surface area contributed by atoms with Crippen molar-refractivity contribution in [2.75, 3.05) is 26.5 Å². The Bertz CT molecular complexity index is 420. The van der Waals surface area contributed by atoms with Gasteiger partial charge in [0.2, 0.25) is 15.9 Å². The average molecular weight is 278 g/mol. The molecule has 104 valence electrons. The maximum Gasteiger partial charge on any atom is 0.307 e. The lowest BCUT2D eigenvalue weighted by molar-refractivity contribution is -0.140. The Hall–Kier alpha value is -1.15. The summed E-state index contributed by atoms with van der Waals surface area (Å²) in [6, 6.07) is -0.655. The summed E-state index contributed by atoms with van der Waals surface area (Å²) >= 11 is 0. The normalized spacial score (nSPS) is 20.7. The van der Waals surface area contributed by atoms with Crippen LogP contribution in [0.15, 0.2) is 0 Å². The predicted molar refractivity (Wildman–Crippen MR) is 64.2 cm³/mol. The molecule has 0 spiro atoms. The van der Waals surface area contributed by atoms with Gasteiger partial charge in [0.05, 0.1) is 19.8 Å². The molecule has 0 aromatic rings. The molecule has 7 nitrogen and oxygen atoms in total. The van der Waals surface area contributed by atoms with Crippen molar-refractivity contribution in [3.05, 3.63) is 0 Å². The van der Waals surface area contributed by atoms with E-state index in [0.29, 0.717) is 19.4 Å². The van der Waals surface area contributed by atoms with E-state index >= 15 is 0 Å². The van der Waals surface area contributed by atoms with Crippen LogP contribution in [0.5, 0.6) is 0 Å². The van der Waals surface area contributed by atoms with Gasteiger partial charge in [-0.25, -0.2) is 8.42 Å². The van der Waals surface area contributed by atoms with Gasteiger partial charge < -0.3 is 10.1 Å².